The number of urea groups is 1. The maximum atomic E-state index is 12.5. The van der Waals surface area contributed by atoms with Crippen LogP contribution in [0.1, 0.15) is 10.4 Å². The number of hydrogen-bond donors (Lipinski definition) is 1. The number of anilines is 2. The van der Waals surface area contributed by atoms with E-state index in [2.05, 4.69) is 39.4 Å². The predicted molar refractivity (Wildman–Crippen MR) is 112 cm³/mol. The predicted octanol–water partition coefficient (Wildman–Crippen LogP) is 2.51. The molecule has 2 aliphatic heterocycles. The van der Waals surface area contributed by atoms with Gasteiger partial charge in [-0.2, -0.15) is 0 Å². The molecule has 7 nitrogen and oxygen atoms in total. The Bertz CT molecular complexity index is 859. The number of carbonyl (C=O) groups excluding carboxylic acids is 2. The highest BCUT2D eigenvalue weighted by molar-refractivity contribution is 5.94. The van der Waals surface area contributed by atoms with Gasteiger partial charge in [0.2, 0.25) is 0 Å². The smallest absolute Gasteiger partial charge is 0.337 e. The zero-order valence-corrected chi connectivity index (χ0v) is 16.6. The van der Waals surface area contributed by atoms with E-state index >= 15 is 0 Å². The first-order valence-corrected chi connectivity index (χ1v) is 9.92. The molecule has 2 fully saturated rings. The lowest BCUT2D eigenvalue weighted by Crippen LogP contribution is -2.64. The van der Waals surface area contributed by atoms with Gasteiger partial charge in [-0.25, -0.2) is 9.59 Å². The Hall–Kier alpha value is -3.06. The standard InChI is InChI=1S/C22H26N4O3/c1-29-21(27)17-6-5-7-18(14-17)23-22(28)26-15-20(16-26)25-12-10-24(11-13-25)19-8-3-2-4-9-19/h2-9,14,20H,10-13,15-16H2,1H3,(H,23,28). The minimum absolute atomic E-state index is 0.133. The third-order valence-electron chi connectivity index (χ3n) is 5.64. The number of hydrogen-bond acceptors (Lipinski definition) is 5. The van der Waals surface area contributed by atoms with Crippen molar-refractivity contribution in [2.45, 2.75) is 6.04 Å². The summed E-state index contributed by atoms with van der Waals surface area (Å²) in [6.45, 7) is 5.49. The van der Waals surface area contributed by atoms with Gasteiger partial charge in [-0.1, -0.05) is 24.3 Å². The number of carbonyl (C=O) groups is 2. The summed E-state index contributed by atoms with van der Waals surface area (Å²) in [5, 5.41) is 2.87. The summed E-state index contributed by atoms with van der Waals surface area (Å²) in [5.41, 5.74) is 2.29. The molecule has 0 aromatic heterocycles. The summed E-state index contributed by atoms with van der Waals surface area (Å²) < 4.78 is 4.72. The van der Waals surface area contributed by atoms with Crippen LogP contribution in [0.15, 0.2) is 54.6 Å². The first-order chi connectivity index (χ1) is 14.1. The van der Waals surface area contributed by atoms with E-state index in [1.807, 2.05) is 6.07 Å². The first kappa shape index (κ1) is 19.3. The second-order valence-electron chi connectivity index (χ2n) is 7.42. The first-order valence-electron chi connectivity index (χ1n) is 9.92. The number of likely N-dealkylation sites (tertiary alicyclic amines) is 1. The van der Waals surface area contributed by atoms with Crippen LogP contribution in [-0.4, -0.2) is 74.2 Å². The van der Waals surface area contributed by atoms with Crippen molar-refractivity contribution in [2.24, 2.45) is 0 Å². The van der Waals surface area contributed by atoms with E-state index in [4.69, 9.17) is 4.74 Å². The van der Waals surface area contributed by atoms with Crippen molar-refractivity contribution in [3.05, 3.63) is 60.2 Å². The minimum atomic E-state index is -0.417. The molecule has 1 N–H and O–H groups in total. The summed E-state index contributed by atoms with van der Waals surface area (Å²) in [6, 6.07) is 17.6. The lowest BCUT2D eigenvalue weighted by atomic mass is 10.1. The molecule has 2 heterocycles. The number of para-hydroxylation sites is 1. The Balaban J connectivity index is 1.24. The fourth-order valence-corrected chi connectivity index (χ4v) is 3.88. The molecule has 2 saturated heterocycles. The molecule has 0 bridgehead atoms. The van der Waals surface area contributed by atoms with E-state index < -0.39 is 5.97 Å². The third kappa shape index (κ3) is 4.35. The van der Waals surface area contributed by atoms with E-state index in [9.17, 15) is 9.59 Å². The molecule has 29 heavy (non-hydrogen) atoms. The molecule has 7 heteroatoms. The number of nitrogens with one attached hydrogen (secondary N) is 1. The summed E-state index contributed by atoms with van der Waals surface area (Å²) in [6.07, 6.45) is 0. The van der Waals surface area contributed by atoms with E-state index in [0.29, 0.717) is 17.3 Å². The van der Waals surface area contributed by atoms with Gasteiger partial charge in [0, 0.05) is 56.7 Å². The molecule has 2 aliphatic rings. The summed E-state index contributed by atoms with van der Waals surface area (Å²) >= 11 is 0. The van der Waals surface area contributed by atoms with Gasteiger partial charge >= 0.3 is 12.0 Å². The highest BCUT2D eigenvalue weighted by Crippen LogP contribution is 2.21. The lowest BCUT2D eigenvalue weighted by Gasteiger charge is -2.48. The Labute approximate surface area is 170 Å². The van der Waals surface area contributed by atoms with Crippen LogP contribution in [0.25, 0.3) is 0 Å². The van der Waals surface area contributed by atoms with Gasteiger partial charge in [-0.05, 0) is 30.3 Å². The fourth-order valence-electron chi connectivity index (χ4n) is 3.88. The maximum Gasteiger partial charge on any atom is 0.337 e. The van der Waals surface area contributed by atoms with Crippen molar-refractivity contribution < 1.29 is 14.3 Å². The normalized spacial score (nSPS) is 17.6. The number of methoxy groups -OCH3 is 1. The molecule has 0 atom stereocenters. The molecule has 0 aliphatic carbocycles. The molecular formula is C22H26N4O3. The molecule has 0 saturated carbocycles. The number of nitrogens with zero attached hydrogens (tertiary/aromatic N) is 3. The van der Waals surface area contributed by atoms with Gasteiger partial charge in [0.25, 0.3) is 0 Å². The van der Waals surface area contributed by atoms with E-state index in [1.165, 1.54) is 12.8 Å². The molecular weight excluding hydrogens is 368 g/mol. The van der Waals surface area contributed by atoms with Gasteiger partial charge in [-0.3, -0.25) is 4.90 Å². The van der Waals surface area contributed by atoms with Crippen LogP contribution in [-0.2, 0) is 4.74 Å². The van der Waals surface area contributed by atoms with Crippen LogP contribution >= 0.6 is 0 Å². The van der Waals surface area contributed by atoms with Crippen LogP contribution in [0.2, 0.25) is 0 Å². The Morgan fingerprint density at radius 3 is 2.38 bits per heavy atom. The van der Waals surface area contributed by atoms with E-state index in [0.717, 1.165) is 39.3 Å². The van der Waals surface area contributed by atoms with Crippen LogP contribution in [0, 0.1) is 0 Å². The topological polar surface area (TPSA) is 65.1 Å². The van der Waals surface area contributed by atoms with Crippen LogP contribution in [0.5, 0.6) is 0 Å². The van der Waals surface area contributed by atoms with Crippen molar-refractivity contribution in [2.75, 3.05) is 56.6 Å². The monoisotopic (exact) mass is 394 g/mol. The number of rotatable bonds is 4. The average molecular weight is 394 g/mol. The van der Waals surface area contributed by atoms with E-state index in [-0.39, 0.29) is 6.03 Å². The molecule has 0 radical (unpaired) electrons. The Morgan fingerprint density at radius 1 is 0.966 bits per heavy atom. The van der Waals surface area contributed by atoms with Gasteiger partial charge in [0.05, 0.1) is 12.7 Å². The molecule has 2 amide bonds. The minimum Gasteiger partial charge on any atom is -0.465 e. The SMILES string of the molecule is COC(=O)c1cccc(NC(=O)N2CC(N3CCN(c4ccccc4)CC3)C2)c1. The number of ether oxygens (including phenoxy) is 1. The maximum absolute atomic E-state index is 12.5. The highest BCUT2D eigenvalue weighted by atomic mass is 16.5. The quantitative estimate of drug-likeness (QED) is 0.808. The lowest BCUT2D eigenvalue weighted by molar-refractivity contribution is 0.0578. The molecule has 2 aromatic carbocycles. The Morgan fingerprint density at radius 2 is 1.69 bits per heavy atom. The van der Waals surface area contributed by atoms with Gasteiger partial charge in [-0.15, -0.1) is 0 Å². The highest BCUT2D eigenvalue weighted by Gasteiger charge is 2.36. The second kappa shape index (κ2) is 8.53. The molecule has 0 unspecified atom stereocenters. The molecule has 4 rings (SSSR count). The average Bonchev–Trinajstić information content (AvgIpc) is 2.73. The summed E-state index contributed by atoms with van der Waals surface area (Å²) in [4.78, 5) is 30.8. The molecule has 0 spiro atoms. The van der Waals surface area contributed by atoms with Gasteiger partial charge in [0.1, 0.15) is 0 Å². The van der Waals surface area contributed by atoms with Crippen molar-refractivity contribution in [3.63, 3.8) is 0 Å². The second-order valence-corrected chi connectivity index (χ2v) is 7.42. The zero-order chi connectivity index (χ0) is 20.2. The fraction of sp³-hybridized carbons (Fsp3) is 0.364. The number of piperazine rings is 1. The number of benzene rings is 2. The van der Waals surface area contributed by atoms with Gasteiger partial charge in [0.15, 0.2) is 0 Å². The third-order valence-corrected chi connectivity index (χ3v) is 5.64. The van der Waals surface area contributed by atoms with Crippen molar-refractivity contribution >= 4 is 23.4 Å². The van der Waals surface area contributed by atoms with Crippen molar-refractivity contribution in [3.8, 4) is 0 Å². The van der Waals surface area contributed by atoms with Crippen LogP contribution < -0.4 is 10.2 Å². The zero-order valence-electron chi connectivity index (χ0n) is 16.6. The summed E-state index contributed by atoms with van der Waals surface area (Å²) in [5.74, 6) is -0.417. The number of esters is 1. The number of amides is 2. The van der Waals surface area contributed by atoms with Crippen molar-refractivity contribution in [1.82, 2.24) is 9.80 Å². The largest absolute Gasteiger partial charge is 0.465 e. The van der Waals surface area contributed by atoms with Crippen LogP contribution in [0.3, 0.4) is 0 Å². The van der Waals surface area contributed by atoms with Crippen molar-refractivity contribution in [1.29, 1.82) is 0 Å². The van der Waals surface area contributed by atoms with Crippen LogP contribution in [0.4, 0.5) is 16.2 Å². The van der Waals surface area contributed by atoms with Gasteiger partial charge < -0.3 is 19.9 Å². The Kier molecular flexibility index (Phi) is 5.67. The van der Waals surface area contributed by atoms with E-state index in [1.54, 1.807) is 29.2 Å². The molecule has 2 aromatic rings. The molecule has 152 valence electrons. The summed E-state index contributed by atoms with van der Waals surface area (Å²) in [7, 11) is 1.34.